The Labute approximate surface area is 202 Å². The van der Waals surface area contributed by atoms with Crippen molar-refractivity contribution < 1.29 is 38.1 Å². The van der Waals surface area contributed by atoms with Crippen molar-refractivity contribution in [2.75, 3.05) is 12.9 Å². The lowest BCUT2D eigenvalue weighted by atomic mass is 9.90. The van der Waals surface area contributed by atoms with Crippen LogP contribution in [0.5, 0.6) is 0 Å². The molecule has 33 heavy (non-hydrogen) atoms. The number of carbonyl (C=O) groups excluding carboxylic acids is 3. The highest BCUT2D eigenvalue weighted by Crippen LogP contribution is 2.42. The van der Waals surface area contributed by atoms with Gasteiger partial charge in [-0.3, -0.25) is 14.4 Å². The molecule has 1 aromatic carbocycles. The van der Waals surface area contributed by atoms with Crippen molar-refractivity contribution in [2.45, 2.75) is 64.2 Å². The Hall–Kier alpha value is -2.07. The van der Waals surface area contributed by atoms with Gasteiger partial charge in [-0.25, -0.2) is 0 Å². The predicted octanol–water partition coefficient (Wildman–Crippen LogP) is 3.91. The maximum atomic E-state index is 12.0. The van der Waals surface area contributed by atoms with E-state index in [-0.39, 0.29) is 6.61 Å². The molecule has 1 aliphatic heterocycles. The van der Waals surface area contributed by atoms with E-state index in [1.807, 2.05) is 13.0 Å². The highest BCUT2D eigenvalue weighted by molar-refractivity contribution is 7.99. The maximum absolute atomic E-state index is 12.0. The van der Waals surface area contributed by atoms with E-state index >= 15 is 0 Å². The van der Waals surface area contributed by atoms with Crippen LogP contribution in [0.15, 0.2) is 24.8 Å². The summed E-state index contributed by atoms with van der Waals surface area (Å²) in [6.45, 7) is 9.78. The van der Waals surface area contributed by atoms with Crippen molar-refractivity contribution in [1.82, 2.24) is 0 Å². The molecular formula is C23H29ClO8S. The zero-order chi connectivity index (χ0) is 24.7. The van der Waals surface area contributed by atoms with Crippen LogP contribution in [0.4, 0.5) is 0 Å². The van der Waals surface area contributed by atoms with Gasteiger partial charge in [0.25, 0.3) is 0 Å². The first-order valence-corrected chi connectivity index (χ1v) is 11.9. The summed E-state index contributed by atoms with van der Waals surface area (Å²) in [5.41, 5.74) is 1.48. The van der Waals surface area contributed by atoms with Crippen molar-refractivity contribution in [1.29, 1.82) is 0 Å². The van der Waals surface area contributed by atoms with E-state index in [4.69, 9.17) is 35.3 Å². The van der Waals surface area contributed by atoms with Gasteiger partial charge >= 0.3 is 17.9 Å². The normalized spacial score (nSPS) is 24.6. The van der Waals surface area contributed by atoms with E-state index in [0.29, 0.717) is 22.8 Å². The van der Waals surface area contributed by atoms with Crippen LogP contribution in [0.1, 0.15) is 43.6 Å². The van der Waals surface area contributed by atoms with Crippen molar-refractivity contribution in [3.8, 4) is 0 Å². The lowest BCUT2D eigenvalue weighted by Gasteiger charge is -2.44. The van der Waals surface area contributed by atoms with Crippen LogP contribution in [-0.4, -0.2) is 54.5 Å². The summed E-state index contributed by atoms with van der Waals surface area (Å²) >= 11 is 7.69. The molecule has 1 heterocycles. The summed E-state index contributed by atoms with van der Waals surface area (Å²) in [5, 5.41) is 0.510. The highest BCUT2D eigenvalue weighted by atomic mass is 35.5. The molecule has 0 aliphatic carbocycles. The molecule has 5 atom stereocenters. The van der Waals surface area contributed by atoms with Crippen LogP contribution in [0, 0.1) is 6.92 Å². The molecule has 0 radical (unpaired) electrons. The Morgan fingerprint density at radius 3 is 2.18 bits per heavy atom. The molecule has 1 fully saturated rings. The molecule has 0 unspecified atom stereocenters. The van der Waals surface area contributed by atoms with Gasteiger partial charge in [-0.05, 0) is 42.0 Å². The van der Waals surface area contributed by atoms with Gasteiger partial charge in [-0.1, -0.05) is 17.7 Å². The Bertz CT molecular complexity index is 889. The second kappa shape index (κ2) is 12.4. The number of carbonyl (C=O) groups is 3. The summed E-state index contributed by atoms with van der Waals surface area (Å²) in [4.78, 5) is 35.7. The van der Waals surface area contributed by atoms with E-state index in [1.54, 1.807) is 18.4 Å². The molecule has 0 N–H and O–H groups in total. The average Bonchev–Trinajstić information content (AvgIpc) is 2.71. The number of ether oxygens (including phenoxy) is 5. The van der Waals surface area contributed by atoms with Crippen molar-refractivity contribution in [3.63, 3.8) is 0 Å². The van der Waals surface area contributed by atoms with Crippen molar-refractivity contribution in [3.05, 3.63) is 46.5 Å². The molecule has 8 nitrogen and oxygen atoms in total. The van der Waals surface area contributed by atoms with Crippen molar-refractivity contribution in [2.24, 2.45) is 0 Å². The summed E-state index contributed by atoms with van der Waals surface area (Å²) in [6, 6.07) is 3.58. The van der Waals surface area contributed by atoms with E-state index in [0.717, 1.165) is 5.56 Å². The van der Waals surface area contributed by atoms with E-state index in [1.165, 1.54) is 32.5 Å². The largest absolute Gasteiger partial charge is 0.455 e. The average molecular weight is 501 g/mol. The third kappa shape index (κ3) is 7.20. The summed E-state index contributed by atoms with van der Waals surface area (Å²) < 4.78 is 28.4. The molecule has 2 rings (SSSR count). The topological polar surface area (TPSA) is 97.4 Å². The lowest BCUT2D eigenvalue weighted by molar-refractivity contribution is -0.233. The molecule has 0 aromatic heterocycles. The van der Waals surface area contributed by atoms with Gasteiger partial charge in [0.2, 0.25) is 0 Å². The minimum atomic E-state index is -1.08. The Balaban J connectivity index is 2.58. The predicted molar refractivity (Wildman–Crippen MR) is 124 cm³/mol. The van der Waals surface area contributed by atoms with Crippen LogP contribution in [-0.2, 0) is 44.7 Å². The quantitative estimate of drug-likeness (QED) is 0.216. The number of halogens is 1. The fourth-order valence-corrected chi connectivity index (χ4v) is 4.60. The van der Waals surface area contributed by atoms with Crippen LogP contribution in [0.25, 0.3) is 0 Å². The van der Waals surface area contributed by atoms with E-state index in [2.05, 4.69) is 6.58 Å². The second-order valence-corrected chi connectivity index (χ2v) is 8.83. The van der Waals surface area contributed by atoms with Gasteiger partial charge in [0.15, 0.2) is 18.3 Å². The summed E-state index contributed by atoms with van der Waals surface area (Å²) in [5.74, 6) is -1.79. The van der Waals surface area contributed by atoms with Crippen LogP contribution in [0.3, 0.4) is 0 Å². The first-order valence-electron chi connectivity index (χ1n) is 10.3. The number of esters is 3. The Morgan fingerprint density at radius 2 is 1.64 bits per heavy atom. The third-order valence-corrected chi connectivity index (χ3v) is 6.06. The fourth-order valence-electron chi connectivity index (χ4n) is 3.62. The van der Waals surface area contributed by atoms with Gasteiger partial charge < -0.3 is 23.7 Å². The summed E-state index contributed by atoms with van der Waals surface area (Å²) in [7, 11) is 0. The maximum Gasteiger partial charge on any atom is 0.303 e. The fraction of sp³-hybridized carbons (Fsp3) is 0.522. The second-order valence-electron chi connectivity index (χ2n) is 7.49. The number of aryl methyl sites for hydroxylation is 1. The molecule has 182 valence electrons. The standard InChI is InChI=1S/C23H29ClO8S/c1-7-8-28-11-16-10-17(12(2)9-18(16)24)19-20(29-13(3)25)21(30-14(4)26)22(31-15(5)27)23(32-19)33-6/h7,9-10,19-23H,1,8,11H2,2-6H3/t19-,20-,21+,22-,23+/m0/s1. The van der Waals surface area contributed by atoms with Crippen LogP contribution in [0.2, 0.25) is 5.02 Å². The monoisotopic (exact) mass is 500 g/mol. The van der Waals surface area contributed by atoms with E-state index in [9.17, 15) is 14.4 Å². The first kappa shape index (κ1) is 27.2. The smallest absolute Gasteiger partial charge is 0.303 e. The third-order valence-electron chi connectivity index (χ3n) is 4.87. The minimum absolute atomic E-state index is 0.235. The SMILES string of the molecule is C=CCOCc1cc([C@@H]2O[C@H](SC)[C@@H](OC(C)=O)[C@H](OC(C)=O)[C@H]2OC(C)=O)c(C)cc1Cl. The van der Waals surface area contributed by atoms with Gasteiger partial charge in [0.1, 0.15) is 11.5 Å². The number of rotatable bonds is 9. The highest BCUT2D eigenvalue weighted by Gasteiger charge is 2.52. The van der Waals surface area contributed by atoms with Crippen LogP contribution < -0.4 is 0 Å². The number of hydrogen-bond donors (Lipinski definition) is 0. The van der Waals surface area contributed by atoms with Gasteiger partial charge in [-0.2, -0.15) is 0 Å². The van der Waals surface area contributed by atoms with E-state index < -0.39 is 47.8 Å². The molecule has 0 saturated carbocycles. The molecule has 0 bridgehead atoms. The number of thioether (sulfide) groups is 1. The molecule has 0 amide bonds. The first-order chi connectivity index (χ1) is 15.6. The lowest BCUT2D eigenvalue weighted by Crippen LogP contribution is -2.57. The molecule has 0 spiro atoms. The van der Waals surface area contributed by atoms with Gasteiger partial charge in [0.05, 0.1) is 13.2 Å². The zero-order valence-corrected chi connectivity index (χ0v) is 20.9. The minimum Gasteiger partial charge on any atom is -0.455 e. The summed E-state index contributed by atoms with van der Waals surface area (Å²) in [6.07, 6.45) is -0.546. The molecule has 10 heteroatoms. The number of benzene rings is 1. The van der Waals surface area contributed by atoms with Crippen LogP contribution >= 0.6 is 23.4 Å². The van der Waals surface area contributed by atoms with Gasteiger partial charge in [0, 0.05) is 25.8 Å². The molecule has 1 saturated heterocycles. The van der Waals surface area contributed by atoms with Crippen molar-refractivity contribution >= 4 is 41.3 Å². The Morgan fingerprint density at radius 1 is 1.06 bits per heavy atom. The van der Waals surface area contributed by atoms with Gasteiger partial charge in [-0.15, -0.1) is 18.3 Å². The zero-order valence-electron chi connectivity index (χ0n) is 19.3. The Kier molecular flexibility index (Phi) is 10.2. The molecule has 1 aromatic rings. The molecular weight excluding hydrogens is 472 g/mol. The number of hydrogen-bond acceptors (Lipinski definition) is 9. The molecule has 1 aliphatic rings.